The molecule has 0 aromatic heterocycles. The zero-order valence-corrected chi connectivity index (χ0v) is 11.9. The molecule has 1 aliphatic rings. The second-order valence-electron chi connectivity index (χ2n) is 5.29. The molecule has 0 bridgehead atoms. The number of benzene rings is 1. The molecule has 0 radical (unpaired) electrons. The third-order valence-electron chi connectivity index (χ3n) is 3.82. The first kappa shape index (κ1) is 15.9. The van der Waals surface area contributed by atoms with E-state index in [4.69, 9.17) is 10.5 Å². The molecule has 1 fully saturated rings. The lowest BCUT2D eigenvalue weighted by molar-refractivity contribution is -0.154. The highest BCUT2D eigenvalue weighted by molar-refractivity contribution is 5.95. The maximum Gasteiger partial charge on any atom is 0.318 e. The van der Waals surface area contributed by atoms with Gasteiger partial charge in [-0.05, 0) is 30.5 Å². The largest absolute Gasteiger partial charge is 0.455 e. The predicted octanol–water partition coefficient (Wildman–Crippen LogP) is 1.38. The van der Waals surface area contributed by atoms with Gasteiger partial charge in [0.15, 0.2) is 6.61 Å². The number of ether oxygens (including phenoxy) is 1. The third-order valence-corrected chi connectivity index (χ3v) is 3.82. The van der Waals surface area contributed by atoms with Crippen LogP contribution in [0.15, 0.2) is 24.3 Å². The van der Waals surface area contributed by atoms with Gasteiger partial charge in [-0.1, -0.05) is 25.0 Å². The van der Waals surface area contributed by atoms with E-state index in [0.717, 1.165) is 12.8 Å². The molecule has 0 atom stereocenters. The first-order valence-electron chi connectivity index (χ1n) is 6.96. The molecule has 1 saturated carbocycles. The van der Waals surface area contributed by atoms with Gasteiger partial charge in [0.2, 0.25) is 0 Å². The van der Waals surface area contributed by atoms with Crippen molar-refractivity contribution in [1.29, 1.82) is 0 Å². The van der Waals surface area contributed by atoms with Gasteiger partial charge in [-0.15, -0.1) is 0 Å². The number of primary amides is 1. The molecule has 1 aromatic carbocycles. The van der Waals surface area contributed by atoms with Gasteiger partial charge < -0.3 is 10.5 Å². The second kappa shape index (κ2) is 6.55. The maximum absolute atomic E-state index is 13.4. The molecular formula is C15H17FN2O4. The molecule has 3 amide bonds. The normalized spacial score (nSPS) is 16.0. The topological polar surface area (TPSA) is 98.5 Å². The van der Waals surface area contributed by atoms with Gasteiger partial charge in [0, 0.05) is 0 Å². The van der Waals surface area contributed by atoms with Crippen LogP contribution in [0.25, 0.3) is 0 Å². The summed E-state index contributed by atoms with van der Waals surface area (Å²) in [4.78, 5) is 34.3. The lowest BCUT2D eigenvalue weighted by Crippen LogP contribution is -2.40. The van der Waals surface area contributed by atoms with Gasteiger partial charge in [-0.2, -0.15) is 0 Å². The van der Waals surface area contributed by atoms with Crippen LogP contribution in [0.3, 0.4) is 0 Å². The van der Waals surface area contributed by atoms with E-state index in [0.29, 0.717) is 18.4 Å². The molecule has 0 spiro atoms. The van der Waals surface area contributed by atoms with Gasteiger partial charge in [0.25, 0.3) is 5.91 Å². The number of halogens is 1. The molecule has 7 heteroatoms. The fourth-order valence-corrected chi connectivity index (χ4v) is 2.82. The van der Waals surface area contributed by atoms with Crippen molar-refractivity contribution in [3.8, 4) is 0 Å². The van der Waals surface area contributed by atoms with Crippen molar-refractivity contribution in [3.05, 3.63) is 35.6 Å². The minimum Gasteiger partial charge on any atom is -0.455 e. The molecule has 22 heavy (non-hydrogen) atoms. The van der Waals surface area contributed by atoms with Gasteiger partial charge in [0.1, 0.15) is 5.82 Å². The first-order valence-corrected chi connectivity index (χ1v) is 6.96. The van der Waals surface area contributed by atoms with E-state index < -0.39 is 35.7 Å². The highest BCUT2D eigenvalue weighted by Crippen LogP contribution is 2.42. The lowest BCUT2D eigenvalue weighted by Gasteiger charge is -2.27. The fourth-order valence-electron chi connectivity index (χ4n) is 2.82. The van der Waals surface area contributed by atoms with Crippen LogP contribution in [-0.4, -0.2) is 24.5 Å². The van der Waals surface area contributed by atoms with Gasteiger partial charge in [0.05, 0.1) is 5.41 Å². The van der Waals surface area contributed by atoms with E-state index in [1.54, 1.807) is 6.07 Å². The number of carbonyl (C=O) groups excluding carboxylic acids is 3. The molecule has 2 rings (SSSR count). The van der Waals surface area contributed by atoms with Gasteiger partial charge in [-0.3, -0.25) is 14.9 Å². The van der Waals surface area contributed by atoms with E-state index in [2.05, 4.69) is 0 Å². The minimum atomic E-state index is -1.01. The quantitative estimate of drug-likeness (QED) is 0.821. The van der Waals surface area contributed by atoms with Crippen LogP contribution in [0.4, 0.5) is 9.18 Å². The van der Waals surface area contributed by atoms with E-state index in [1.165, 1.54) is 18.2 Å². The molecule has 0 unspecified atom stereocenters. The summed E-state index contributed by atoms with van der Waals surface area (Å²) in [6.07, 6.45) is 2.71. The van der Waals surface area contributed by atoms with Crippen molar-refractivity contribution in [2.75, 3.05) is 6.61 Å². The van der Waals surface area contributed by atoms with Crippen LogP contribution < -0.4 is 11.1 Å². The highest BCUT2D eigenvalue weighted by Gasteiger charge is 2.44. The number of esters is 1. The van der Waals surface area contributed by atoms with Gasteiger partial charge >= 0.3 is 12.0 Å². The molecule has 0 aliphatic heterocycles. The van der Waals surface area contributed by atoms with Crippen molar-refractivity contribution in [1.82, 2.24) is 5.32 Å². The monoisotopic (exact) mass is 308 g/mol. The number of nitrogens with one attached hydrogen (secondary N) is 1. The lowest BCUT2D eigenvalue weighted by atomic mass is 9.79. The summed E-state index contributed by atoms with van der Waals surface area (Å²) in [5.41, 5.74) is 4.41. The number of imide groups is 1. The summed E-state index contributed by atoms with van der Waals surface area (Å²) < 4.78 is 18.4. The minimum absolute atomic E-state index is 0.428. The molecular weight excluding hydrogens is 291 g/mol. The Labute approximate surface area is 126 Å². The average Bonchev–Trinajstić information content (AvgIpc) is 2.95. The highest BCUT2D eigenvalue weighted by atomic mass is 19.1. The summed E-state index contributed by atoms with van der Waals surface area (Å²) in [7, 11) is 0. The van der Waals surface area contributed by atoms with Crippen LogP contribution in [-0.2, 0) is 19.7 Å². The Bertz CT molecular complexity index is 597. The van der Waals surface area contributed by atoms with Crippen LogP contribution in [0.5, 0.6) is 0 Å². The Morgan fingerprint density at radius 2 is 1.95 bits per heavy atom. The summed E-state index contributed by atoms with van der Waals surface area (Å²) in [6.45, 7) is -0.598. The zero-order valence-electron chi connectivity index (χ0n) is 11.9. The molecule has 1 aliphatic carbocycles. The van der Waals surface area contributed by atoms with Crippen LogP contribution in [0.1, 0.15) is 31.2 Å². The van der Waals surface area contributed by atoms with Gasteiger partial charge in [-0.25, -0.2) is 9.18 Å². The molecule has 3 N–H and O–H groups in total. The van der Waals surface area contributed by atoms with Crippen molar-refractivity contribution in [2.45, 2.75) is 31.1 Å². The van der Waals surface area contributed by atoms with E-state index in [1.807, 2.05) is 5.32 Å². The van der Waals surface area contributed by atoms with Crippen molar-refractivity contribution >= 4 is 17.9 Å². The summed E-state index contributed by atoms with van der Waals surface area (Å²) >= 11 is 0. The van der Waals surface area contributed by atoms with E-state index in [9.17, 15) is 18.8 Å². The van der Waals surface area contributed by atoms with Crippen molar-refractivity contribution in [3.63, 3.8) is 0 Å². The molecule has 6 nitrogen and oxygen atoms in total. The molecule has 1 aromatic rings. The fraction of sp³-hybridized carbons (Fsp3) is 0.400. The number of hydrogen-bond donors (Lipinski definition) is 2. The average molecular weight is 308 g/mol. The van der Waals surface area contributed by atoms with Crippen molar-refractivity contribution in [2.24, 2.45) is 5.73 Å². The van der Waals surface area contributed by atoms with Crippen LogP contribution in [0, 0.1) is 5.82 Å². The molecule has 0 heterocycles. The van der Waals surface area contributed by atoms with Crippen LogP contribution in [0.2, 0.25) is 0 Å². The van der Waals surface area contributed by atoms with Crippen molar-refractivity contribution < 1.29 is 23.5 Å². The molecule has 0 saturated heterocycles. The summed E-state index contributed by atoms with van der Waals surface area (Å²) in [5.74, 6) is -1.81. The Balaban J connectivity index is 2.12. The first-order chi connectivity index (χ1) is 10.4. The molecule has 118 valence electrons. The smallest absolute Gasteiger partial charge is 0.318 e. The number of nitrogens with two attached hydrogens (primary N) is 1. The van der Waals surface area contributed by atoms with E-state index in [-0.39, 0.29) is 0 Å². The second-order valence-corrected chi connectivity index (χ2v) is 5.29. The SMILES string of the molecule is NC(=O)NC(=O)COC(=O)C1(c2cccc(F)c2)CCCC1. The Morgan fingerprint density at radius 3 is 2.55 bits per heavy atom. The number of amides is 3. The standard InChI is InChI=1S/C15H17FN2O4/c16-11-5-3-4-10(8-11)15(6-1-2-7-15)13(20)22-9-12(19)18-14(17)21/h3-5,8H,1-2,6-7,9H2,(H3,17,18,19,21). The third kappa shape index (κ3) is 3.41. The van der Waals surface area contributed by atoms with E-state index >= 15 is 0 Å². The Morgan fingerprint density at radius 1 is 1.27 bits per heavy atom. The number of hydrogen-bond acceptors (Lipinski definition) is 4. The Kier molecular flexibility index (Phi) is 4.75. The predicted molar refractivity (Wildman–Crippen MR) is 75.2 cm³/mol. The van der Waals surface area contributed by atoms with Crippen LogP contribution >= 0.6 is 0 Å². The zero-order chi connectivity index (χ0) is 16.2. The number of rotatable bonds is 4. The summed E-state index contributed by atoms with van der Waals surface area (Å²) in [5, 5.41) is 1.81. The number of carbonyl (C=O) groups is 3. The number of urea groups is 1. The summed E-state index contributed by atoms with van der Waals surface area (Å²) in [6, 6.07) is 4.83. The maximum atomic E-state index is 13.4. The Hall–Kier alpha value is -2.44.